The van der Waals surface area contributed by atoms with Crippen molar-refractivity contribution in [3.63, 3.8) is 0 Å². The third-order valence-electron chi connectivity index (χ3n) is 12.8. The van der Waals surface area contributed by atoms with Crippen molar-refractivity contribution in [3.8, 4) is 17.1 Å². The molecule has 9 aromatic carbocycles. The van der Waals surface area contributed by atoms with Gasteiger partial charge in [-0.1, -0.05) is 146 Å². The van der Waals surface area contributed by atoms with Gasteiger partial charge >= 0.3 is 0 Å². The number of hydrogen-bond donors (Lipinski definition) is 0. The van der Waals surface area contributed by atoms with Gasteiger partial charge < -0.3 is 9.13 Å². The van der Waals surface area contributed by atoms with Crippen LogP contribution in [0.25, 0.3) is 71.7 Å². The lowest BCUT2D eigenvalue weighted by molar-refractivity contribution is 0.588. The number of imidazole rings is 1. The van der Waals surface area contributed by atoms with Gasteiger partial charge in [0.15, 0.2) is 0 Å². The molecule has 0 saturated carbocycles. The molecule has 5 nitrogen and oxygen atoms in total. The first-order chi connectivity index (χ1) is 30.3. The number of benzene rings is 9. The van der Waals surface area contributed by atoms with E-state index in [0.717, 1.165) is 61.9 Å². The molecule has 0 N–H and O–H groups in total. The Bertz CT molecular complexity index is 3600. The number of anilines is 2. The molecule has 61 heavy (non-hydrogen) atoms. The summed E-state index contributed by atoms with van der Waals surface area (Å²) in [5.74, 6) is 0.870. The summed E-state index contributed by atoms with van der Waals surface area (Å²) in [5.41, 5.74) is 13.8. The van der Waals surface area contributed by atoms with Crippen molar-refractivity contribution < 1.29 is 0 Å². The predicted molar refractivity (Wildman–Crippen MR) is 251 cm³/mol. The summed E-state index contributed by atoms with van der Waals surface area (Å²) in [6, 6.07) is 81.5. The van der Waals surface area contributed by atoms with Crippen LogP contribution in [0.5, 0.6) is 0 Å². The van der Waals surface area contributed by atoms with E-state index in [0.29, 0.717) is 0 Å². The number of aromatic nitrogens is 4. The molecule has 1 aliphatic heterocycles. The molecule has 13 rings (SSSR count). The second-order valence-electron chi connectivity index (χ2n) is 16.0. The van der Waals surface area contributed by atoms with Crippen molar-refractivity contribution in [1.29, 1.82) is 0 Å². The van der Waals surface area contributed by atoms with Crippen LogP contribution >= 0.6 is 0 Å². The van der Waals surface area contributed by atoms with Gasteiger partial charge in [-0.2, -0.15) is 0 Å². The highest BCUT2D eigenvalue weighted by Gasteiger charge is 2.50. The van der Waals surface area contributed by atoms with Crippen molar-refractivity contribution in [2.24, 2.45) is 0 Å². The average molecular weight is 780 g/mol. The first-order valence-electron chi connectivity index (χ1n) is 20.9. The van der Waals surface area contributed by atoms with Crippen LogP contribution in [-0.4, -0.2) is 18.7 Å². The first kappa shape index (κ1) is 33.8. The Labute approximate surface area is 352 Å². The van der Waals surface area contributed by atoms with E-state index in [9.17, 15) is 0 Å². The molecule has 0 unspecified atom stereocenters. The monoisotopic (exact) mass is 779 g/mol. The minimum atomic E-state index is -0.818. The molecule has 4 heterocycles. The maximum Gasteiger partial charge on any atom is 0.217 e. The van der Waals surface area contributed by atoms with Crippen LogP contribution in [0, 0.1) is 0 Å². The summed E-state index contributed by atoms with van der Waals surface area (Å²) < 4.78 is 7.25. The van der Waals surface area contributed by atoms with E-state index in [1.807, 2.05) is 0 Å². The topological polar surface area (TPSA) is 30.9 Å². The normalized spacial score (nSPS) is 13.3. The number of nitrogens with zero attached hydrogens (tertiary/aromatic N) is 5. The van der Waals surface area contributed by atoms with E-state index in [4.69, 9.17) is 4.98 Å². The van der Waals surface area contributed by atoms with Gasteiger partial charge in [-0.05, 0) is 90.0 Å². The smallest absolute Gasteiger partial charge is 0.217 e. The average Bonchev–Trinajstić information content (AvgIpc) is 3.99. The van der Waals surface area contributed by atoms with Gasteiger partial charge in [0.2, 0.25) is 5.95 Å². The maximum absolute atomic E-state index is 5.47. The van der Waals surface area contributed by atoms with Gasteiger partial charge in [-0.15, -0.1) is 0 Å². The largest absolute Gasteiger partial charge is 0.309 e. The summed E-state index contributed by atoms with van der Waals surface area (Å²) in [6.07, 6.45) is 0. The molecule has 0 amide bonds. The van der Waals surface area contributed by atoms with Crippen molar-refractivity contribution in [3.05, 3.63) is 241 Å². The van der Waals surface area contributed by atoms with Crippen molar-refractivity contribution in [2.75, 3.05) is 4.90 Å². The number of fused-ring (bicyclic) bond motifs is 11. The minimum absolute atomic E-state index is 0.818. The van der Waals surface area contributed by atoms with E-state index in [-0.39, 0.29) is 0 Å². The quantitative estimate of drug-likeness (QED) is 0.174. The third kappa shape index (κ3) is 4.68. The van der Waals surface area contributed by atoms with E-state index < -0.39 is 5.54 Å². The zero-order valence-corrected chi connectivity index (χ0v) is 33.1. The van der Waals surface area contributed by atoms with E-state index >= 15 is 0 Å². The Morgan fingerprint density at radius 3 is 1.39 bits per heavy atom. The highest BCUT2D eigenvalue weighted by molar-refractivity contribution is 6.19. The lowest BCUT2D eigenvalue weighted by Gasteiger charge is -2.49. The molecule has 3 aromatic heterocycles. The second-order valence-corrected chi connectivity index (χ2v) is 16.0. The van der Waals surface area contributed by atoms with Gasteiger partial charge in [0, 0.05) is 44.2 Å². The first-order valence-corrected chi connectivity index (χ1v) is 20.9. The Kier molecular flexibility index (Phi) is 7.16. The molecule has 12 aromatic rings. The predicted octanol–water partition coefficient (Wildman–Crippen LogP) is 13.7. The van der Waals surface area contributed by atoms with Crippen molar-refractivity contribution in [2.45, 2.75) is 5.54 Å². The fourth-order valence-electron chi connectivity index (χ4n) is 10.4. The third-order valence-corrected chi connectivity index (χ3v) is 12.8. The Morgan fingerprint density at radius 2 is 0.803 bits per heavy atom. The Hall–Kier alpha value is -8.15. The zero-order chi connectivity index (χ0) is 40.1. The Morgan fingerprint density at radius 1 is 0.328 bits per heavy atom. The van der Waals surface area contributed by atoms with Crippen LogP contribution in [0.3, 0.4) is 0 Å². The molecular weight excluding hydrogens is 743 g/mol. The summed E-state index contributed by atoms with van der Waals surface area (Å²) in [4.78, 5) is 7.94. The van der Waals surface area contributed by atoms with Gasteiger partial charge in [0.1, 0.15) is 5.54 Å². The maximum atomic E-state index is 5.47. The minimum Gasteiger partial charge on any atom is -0.309 e. The van der Waals surface area contributed by atoms with Crippen LogP contribution in [0.15, 0.2) is 224 Å². The molecule has 0 bridgehead atoms. The molecule has 0 atom stereocenters. The molecule has 286 valence electrons. The van der Waals surface area contributed by atoms with Crippen LogP contribution in [0.1, 0.15) is 16.7 Å². The van der Waals surface area contributed by atoms with Crippen LogP contribution in [0.4, 0.5) is 11.6 Å². The van der Waals surface area contributed by atoms with Crippen molar-refractivity contribution >= 4 is 66.3 Å². The van der Waals surface area contributed by atoms with Crippen molar-refractivity contribution in [1.82, 2.24) is 18.7 Å². The molecule has 0 spiro atoms. The molecule has 1 aliphatic rings. The summed E-state index contributed by atoms with van der Waals surface area (Å²) in [5, 5.41) is 4.89. The highest BCUT2D eigenvalue weighted by atomic mass is 15.4. The lowest BCUT2D eigenvalue weighted by Crippen LogP contribution is -2.49. The number of hydrogen-bond acceptors (Lipinski definition) is 2. The molecule has 0 saturated heterocycles. The standard InChI is InChI=1S/C56H37N5/c1-5-19-38(20-6-1)56(39-21-7-2-8-22-39)47-35-42(33-34-51(47)60-52-32-18-15-29-48(52)57-55(60)61(56)41-25-11-4-12-26-41)59-50-31-17-14-28-44(50)46-36-53-45(37-54(46)59)43-27-13-16-30-49(43)58(53)40-23-9-3-10-24-40/h1-37H. The van der Waals surface area contributed by atoms with Gasteiger partial charge in [0.05, 0.1) is 38.8 Å². The number of para-hydroxylation sites is 6. The molecule has 0 aliphatic carbocycles. The SMILES string of the molecule is c1ccc(N2c3nc4ccccc4n3-c3ccc(-n4c5ccccc5c5cc6c(cc54)c4ccccc4n6-c4ccccc4)cc3C2(c2ccccc2)c2ccccc2)cc1. The highest BCUT2D eigenvalue weighted by Crippen LogP contribution is 2.55. The molecule has 0 radical (unpaired) electrons. The van der Waals surface area contributed by atoms with E-state index in [2.05, 4.69) is 243 Å². The fraction of sp³-hybridized carbons (Fsp3) is 0.0179. The summed E-state index contributed by atoms with van der Waals surface area (Å²) in [7, 11) is 0. The summed E-state index contributed by atoms with van der Waals surface area (Å²) in [6.45, 7) is 0. The molecular formula is C56H37N5. The van der Waals surface area contributed by atoms with Gasteiger partial charge in [-0.25, -0.2) is 4.98 Å². The van der Waals surface area contributed by atoms with Crippen LogP contribution in [0.2, 0.25) is 0 Å². The zero-order valence-electron chi connectivity index (χ0n) is 33.1. The van der Waals surface area contributed by atoms with E-state index in [1.165, 1.54) is 38.1 Å². The van der Waals surface area contributed by atoms with E-state index in [1.54, 1.807) is 0 Å². The lowest BCUT2D eigenvalue weighted by atomic mass is 9.73. The van der Waals surface area contributed by atoms with Crippen LogP contribution in [-0.2, 0) is 5.54 Å². The van der Waals surface area contributed by atoms with Gasteiger partial charge in [0.25, 0.3) is 0 Å². The molecule has 5 heteroatoms. The fourth-order valence-corrected chi connectivity index (χ4v) is 10.4. The second kappa shape index (κ2) is 12.9. The van der Waals surface area contributed by atoms with Gasteiger partial charge in [-0.3, -0.25) is 9.47 Å². The van der Waals surface area contributed by atoms with Crippen LogP contribution < -0.4 is 4.90 Å². The number of rotatable bonds is 5. The summed E-state index contributed by atoms with van der Waals surface area (Å²) >= 11 is 0. The Balaban J connectivity index is 1.18. The molecule has 0 fully saturated rings.